The molecule has 0 spiro atoms. The maximum absolute atomic E-state index is 13.2. The Balaban J connectivity index is 1.35. The summed E-state index contributed by atoms with van der Waals surface area (Å²) in [6.45, 7) is 5.70. The number of ether oxygens (including phenoxy) is 2. The van der Waals surface area contributed by atoms with Gasteiger partial charge in [0.2, 0.25) is 5.91 Å². The third-order valence-electron chi connectivity index (χ3n) is 6.00. The molecule has 9 heteroatoms. The largest absolute Gasteiger partial charge is 0.496 e. The minimum absolute atomic E-state index is 0.0942. The van der Waals surface area contributed by atoms with E-state index in [9.17, 15) is 9.59 Å². The number of amides is 2. The Labute approximate surface area is 195 Å². The van der Waals surface area contributed by atoms with Gasteiger partial charge in [0.25, 0.3) is 5.91 Å². The quantitative estimate of drug-likeness (QED) is 0.620. The predicted octanol–water partition coefficient (Wildman–Crippen LogP) is 3.65. The summed E-state index contributed by atoms with van der Waals surface area (Å²) in [4.78, 5) is 37.7. The predicted molar refractivity (Wildman–Crippen MR) is 124 cm³/mol. The van der Waals surface area contributed by atoms with Crippen molar-refractivity contribution in [3.8, 4) is 16.9 Å². The van der Waals surface area contributed by atoms with Crippen molar-refractivity contribution in [2.24, 2.45) is 5.41 Å². The Hall–Kier alpha value is -3.30. The molecule has 4 heterocycles. The van der Waals surface area contributed by atoms with Crippen molar-refractivity contribution >= 4 is 28.3 Å². The smallest absolute Gasteiger partial charge is 0.259 e. The summed E-state index contributed by atoms with van der Waals surface area (Å²) in [5.74, 6) is 0.486. The number of aryl methyl sites for hydroxylation is 1. The number of thiazole rings is 1. The number of hydrogen-bond acceptors (Lipinski definition) is 7. The molecule has 2 aliphatic rings. The van der Waals surface area contributed by atoms with E-state index in [0.717, 1.165) is 27.4 Å². The van der Waals surface area contributed by atoms with Gasteiger partial charge in [0.05, 0.1) is 55.0 Å². The highest BCUT2D eigenvalue weighted by Crippen LogP contribution is 2.37. The Morgan fingerprint density at radius 1 is 1.21 bits per heavy atom. The maximum Gasteiger partial charge on any atom is 0.259 e. The van der Waals surface area contributed by atoms with Gasteiger partial charge in [-0.05, 0) is 26.0 Å². The van der Waals surface area contributed by atoms with E-state index >= 15 is 0 Å². The van der Waals surface area contributed by atoms with Crippen LogP contribution in [-0.2, 0) is 22.6 Å². The molecule has 2 aliphatic heterocycles. The molecular weight excluding hydrogens is 440 g/mol. The van der Waals surface area contributed by atoms with Gasteiger partial charge >= 0.3 is 0 Å². The van der Waals surface area contributed by atoms with Crippen molar-refractivity contribution < 1.29 is 19.1 Å². The lowest BCUT2D eigenvalue weighted by molar-refractivity contribution is -0.169. The van der Waals surface area contributed by atoms with Crippen LogP contribution in [0, 0.1) is 12.3 Å². The number of benzene rings is 1. The number of rotatable bonds is 5. The normalized spacial score (nSPS) is 16.2. The first kappa shape index (κ1) is 21.5. The molecule has 1 N–H and O–H groups in total. The molecule has 5 rings (SSSR count). The van der Waals surface area contributed by atoms with Crippen LogP contribution in [0.4, 0.5) is 5.13 Å². The van der Waals surface area contributed by atoms with Crippen LogP contribution < -0.4 is 10.1 Å². The zero-order valence-electron chi connectivity index (χ0n) is 18.7. The number of carbonyl (C=O) groups is 2. The van der Waals surface area contributed by atoms with Crippen molar-refractivity contribution in [2.45, 2.75) is 26.9 Å². The van der Waals surface area contributed by atoms with Gasteiger partial charge in [-0.3, -0.25) is 19.9 Å². The minimum atomic E-state index is -0.432. The lowest BCUT2D eigenvalue weighted by atomic mass is 9.87. The van der Waals surface area contributed by atoms with Crippen molar-refractivity contribution in [1.82, 2.24) is 14.9 Å². The fraction of sp³-hybridized carbons (Fsp3) is 0.333. The highest BCUT2D eigenvalue weighted by atomic mass is 32.1. The SMILES string of the molecule is COc1ccccc1-c1cc(C)ncc1C(=O)Nc1nc2c(s1)CN(C(=O)C1(C)COC1)C2. The molecule has 0 saturated carbocycles. The van der Waals surface area contributed by atoms with Gasteiger partial charge in [-0.25, -0.2) is 4.98 Å². The molecule has 2 amide bonds. The van der Waals surface area contributed by atoms with Crippen molar-refractivity contribution in [3.05, 3.63) is 58.4 Å². The highest BCUT2D eigenvalue weighted by molar-refractivity contribution is 7.16. The third-order valence-corrected chi connectivity index (χ3v) is 7.00. The molecule has 3 aromatic rings. The fourth-order valence-corrected chi connectivity index (χ4v) is 5.13. The molecule has 33 heavy (non-hydrogen) atoms. The van der Waals surface area contributed by atoms with E-state index in [1.54, 1.807) is 13.3 Å². The second kappa shape index (κ2) is 8.24. The molecule has 0 radical (unpaired) electrons. The third kappa shape index (κ3) is 3.87. The zero-order chi connectivity index (χ0) is 23.2. The first-order valence-electron chi connectivity index (χ1n) is 10.6. The van der Waals surface area contributed by atoms with Crippen molar-refractivity contribution in [3.63, 3.8) is 0 Å². The summed E-state index contributed by atoms with van der Waals surface area (Å²) in [6, 6.07) is 9.45. The Morgan fingerprint density at radius 3 is 2.70 bits per heavy atom. The maximum atomic E-state index is 13.2. The van der Waals surface area contributed by atoms with Crippen LogP contribution >= 0.6 is 11.3 Å². The lowest BCUT2D eigenvalue weighted by Crippen LogP contribution is -2.52. The molecule has 1 aromatic carbocycles. The van der Waals surface area contributed by atoms with Crippen LogP contribution in [0.1, 0.15) is 33.5 Å². The second-order valence-corrected chi connectivity index (χ2v) is 9.71. The lowest BCUT2D eigenvalue weighted by Gasteiger charge is -2.39. The average Bonchev–Trinajstić information content (AvgIpc) is 3.35. The first-order valence-corrected chi connectivity index (χ1v) is 11.5. The molecule has 0 unspecified atom stereocenters. The van der Waals surface area contributed by atoms with Gasteiger partial charge in [-0.15, -0.1) is 0 Å². The highest BCUT2D eigenvalue weighted by Gasteiger charge is 2.45. The summed E-state index contributed by atoms with van der Waals surface area (Å²) >= 11 is 1.40. The van der Waals surface area contributed by atoms with Crippen LogP contribution in [0.3, 0.4) is 0 Å². The van der Waals surface area contributed by atoms with E-state index in [0.29, 0.717) is 42.7 Å². The van der Waals surface area contributed by atoms with Gasteiger partial charge < -0.3 is 14.4 Å². The number of para-hydroxylation sites is 1. The molecule has 0 atom stereocenters. The van der Waals surface area contributed by atoms with Crippen molar-refractivity contribution in [2.75, 3.05) is 25.6 Å². The first-order chi connectivity index (χ1) is 15.9. The van der Waals surface area contributed by atoms with E-state index < -0.39 is 5.41 Å². The monoisotopic (exact) mass is 464 g/mol. The molecule has 2 aromatic heterocycles. The Morgan fingerprint density at radius 2 is 2.00 bits per heavy atom. The number of nitrogens with zero attached hydrogens (tertiary/aromatic N) is 3. The van der Waals surface area contributed by atoms with E-state index in [1.807, 2.05) is 49.1 Å². The zero-order valence-corrected chi connectivity index (χ0v) is 19.5. The number of carbonyl (C=O) groups excluding carboxylic acids is 2. The van der Waals surface area contributed by atoms with Gasteiger partial charge in [-0.2, -0.15) is 0 Å². The van der Waals surface area contributed by atoms with Crippen LogP contribution in [0.5, 0.6) is 5.75 Å². The van der Waals surface area contributed by atoms with Crippen LogP contribution in [0.2, 0.25) is 0 Å². The number of nitrogens with one attached hydrogen (secondary N) is 1. The Bertz CT molecular complexity index is 1230. The molecule has 8 nitrogen and oxygen atoms in total. The Kier molecular flexibility index (Phi) is 5.38. The number of anilines is 1. The van der Waals surface area contributed by atoms with E-state index in [-0.39, 0.29) is 11.8 Å². The van der Waals surface area contributed by atoms with Gasteiger partial charge in [0.15, 0.2) is 5.13 Å². The summed E-state index contributed by atoms with van der Waals surface area (Å²) in [5.41, 5.74) is 3.21. The minimum Gasteiger partial charge on any atom is -0.496 e. The topological polar surface area (TPSA) is 93.6 Å². The van der Waals surface area contributed by atoms with Gasteiger partial charge in [0, 0.05) is 23.0 Å². The molecule has 1 saturated heterocycles. The number of hydrogen-bond donors (Lipinski definition) is 1. The van der Waals surface area contributed by atoms with E-state index in [4.69, 9.17) is 9.47 Å². The summed E-state index contributed by atoms with van der Waals surface area (Å²) in [5, 5.41) is 3.43. The van der Waals surface area contributed by atoms with Crippen LogP contribution in [0.25, 0.3) is 11.1 Å². The van der Waals surface area contributed by atoms with E-state index in [1.165, 1.54) is 11.3 Å². The summed E-state index contributed by atoms with van der Waals surface area (Å²) < 4.78 is 10.7. The second-order valence-electron chi connectivity index (χ2n) is 8.63. The van der Waals surface area contributed by atoms with Gasteiger partial charge in [0.1, 0.15) is 5.75 Å². The number of pyridine rings is 1. The number of fused-ring (bicyclic) bond motifs is 1. The average molecular weight is 465 g/mol. The number of aromatic nitrogens is 2. The summed E-state index contributed by atoms with van der Waals surface area (Å²) in [7, 11) is 1.61. The fourth-order valence-electron chi connectivity index (χ4n) is 4.15. The van der Waals surface area contributed by atoms with Crippen LogP contribution in [0.15, 0.2) is 36.5 Å². The van der Waals surface area contributed by atoms with Crippen molar-refractivity contribution in [1.29, 1.82) is 0 Å². The van der Waals surface area contributed by atoms with Gasteiger partial charge in [-0.1, -0.05) is 29.5 Å². The summed E-state index contributed by atoms with van der Waals surface area (Å²) in [6.07, 6.45) is 1.58. The number of methoxy groups -OCH3 is 1. The molecule has 0 aliphatic carbocycles. The standard InChI is InChI=1S/C24H24N4O4S/c1-14-8-16(15-6-4-5-7-19(15)31-3)17(9-25-14)21(29)27-23-26-18-10-28(11-20(18)33-23)22(30)24(2)12-32-13-24/h4-9H,10-13H2,1-3H3,(H,26,27,29). The molecule has 170 valence electrons. The molecule has 0 bridgehead atoms. The van der Waals surface area contributed by atoms with Crippen LogP contribution in [-0.4, -0.2) is 47.0 Å². The molecular formula is C24H24N4O4S. The van der Waals surface area contributed by atoms with E-state index in [2.05, 4.69) is 15.3 Å². The molecule has 1 fully saturated rings.